The summed E-state index contributed by atoms with van der Waals surface area (Å²) in [6.45, 7) is -0.209. The van der Waals surface area contributed by atoms with E-state index in [1.54, 1.807) is 18.2 Å². The van der Waals surface area contributed by atoms with Crippen LogP contribution < -0.4 is 10.9 Å². The zero-order chi connectivity index (χ0) is 21.1. The van der Waals surface area contributed by atoms with E-state index in [0.29, 0.717) is 10.7 Å². The predicted molar refractivity (Wildman–Crippen MR) is 117 cm³/mol. The fourth-order valence-corrected chi connectivity index (χ4v) is 3.90. The number of halogens is 2. The van der Waals surface area contributed by atoms with Crippen LogP contribution in [0.2, 0.25) is 5.02 Å². The Labute approximate surface area is 180 Å². The Morgan fingerprint density at radius 1 is 1.10 bits per heavy atom. The number of rotatable bonds is 5. The molecule has 0 fully saturated rings. The topological polar surface area (TPSA) is 64.0 Å². The summed E-state index contributed by atoms with van der Waals surface area (Å²) in [5.74, 6) is -0.843. The molecule has 1 heterocycles. The molecule has 3 aromatic carbocycles. The van der Waals surface area contributed by atoms with Gasteiger partial charge >= 0.3 is 0 Å². The van der Waals surface area contributed by atoms with E-state index in [-0.39, 0.29) is 23.4 Å². The van der Waals surface area contributed by atoms with Crippen molar-refractivity contribution in [2.24, 2.45) is 0 Å². The zero-order valence-corrected chi connectivity index (χ0v) is 17.1. The van der Waals surface area contributed by atoms with Gasteiger partial charge in [0.25, 0.3) is 5.56 Å². The van der Waals surface area contributed by atoms with E-state index >= 15 is 0 Å². The first-order valence-corrected chi connectivity index (χ1v) is 10.2. The van der Waals surface area contributed by atoms with Gasteiger partial charge in [0.05, 0.1) is 22.9 Å². The molecule has 0 aliphatic heterocycles. The highest BCUT2D eigenvalue weighted by molar-refractivity contribution is 7.99. The van der Waals surface area contributed by atoms with Crippen molar-refractivity contribution in [3.05, 3.63) is 94.3 Å². The standard InChI is InChI=1S/C22H15ClFN3O2S/c23-14-5-8-16(9-6-14)30-20-4-2-1-3-18(20)26-21(28)12-27-13-25-19-11-15(24)7-10-17(19)22(27)29/h1-11,13H,12H2,(H,26,28). The molecule has 0 bridgehead atoms. The molecule has 4 rings (SSSR count). The van der Waals surface area contributed by atoms with E-state index < -0.39 is 11.4 Å². The first kappa shape index (κ1) is 20.1. The van der Waals surface area contributed by atoms with Crippen molar-refractivity contribution in [1.29, 1.82) is 0 Å². The summed E-state index contributed by atoms with van der Waals surface area (Å²) >= 11 is 7.42. The number of nitrogens with zero attached hydrogens (tertiary/aromatic N) is 2. The Balaban J connectivity index is 1.53. The third kappa shape index (κ3) is 4.53. The summed E-state index contributed by atoms with van der Waals surface area (Å²) in [4.78, 5) is 31.1. The van der Waals surface area contributed by atoms with E-state index in [0.717, 1.165) is 9.79 Å². The number of aromatic nitrogens is 2. The molecule has 0 atom stereocenters. The number of carbonyl (C=O) groups excluding carboxylic acids is 1. The van der Waals surface area contributed by atoms with Crippen molar-refractivity contribution in [2.45, 2.75) is 16.3 Å². The number of para-hydroxylation sites is 1. The van der Waals surface area contributed by atoms with Crippen LogP contribution in [-0.2, 0) is 11.3 Å². The zero-order valence-electron chi connectivity index (χ0n) is 15.5. The van der Waals surface area contributed by atoms with Crippen LogP contribution in [0, 0.1) is 5.82 Å². The highest BCUT2D eigenvalue weighted by atomic mass is 35.5. The van der Waals surface area contributed by atoms with Gasteiger partial charge in [0.15, 0.2) is 0 Å². The Morgan fingerprint density at radius 3 is 2.67 bits per heavy atom. The molecular weight excluding hydrogens is 425 g/mol. The minimum Gasteiger partial charge on any atom is -0.323 e. The van der Waals surface area contributed by atoms with Crippen LogP contribution in [0.1, 0.15) is 0 Å². The number of anilines is 1. The summed E-state index contributed by atoms with van der Waals surface area (Å²) in [5, 5.41) is 3.75. The lowest BCUT2D eigenvalue weighted by atomic mass is 10.2. The van der Waals surface area contributed by atoms with Crippen molar-refractivity contribution >= 4 is 45.9 Å². The summed E-state index contributed by atoms with van der Waals surface area (Å²) in [6, 6.07) is 18.5. The molecule has 1 amide bonds. The monoisotopic (exact) mass is 439 g/mol. The molecule has 5 nitrogen and oxygen atoms in total. The molecule has 0 saturated heterocycles. The van der Waals surface area contributed by atoms with E-state index in [1.165, 1.54) is 40.9 Å². The third-order valence-electron chi connectivity index (χ3n) is 4.30. The minimum atomic E-state index is -0.473. The van der Waals surface area contributed by atoms with E-state index in [2.05, 4.69) is 10.3 Å². The van der Waals surface area contributed by atoms with Gasteiger partial charge in [0.2, 0.25) is 5.91 Å². The second-order valence-electron chi connectivity index (χ2n) is 6.44. The molecule has 4 aromatic rings. The Bertz CT molecular complexity index is 1290. The molecule has 0 unspecified atom stereocenters. The van der Waals surface area contributed by atoms with Crippen LogP contribution in [0.4, 0.5) is 10.1 Å². The Morgan fingerprint density at radius 2 is 1.87 bits per heavy atom. The second-order valence-corrected chi connectivity index (χ2v) is 7.99. The highest BCUT2D eigenvalue weighted by Crippen LogP contribution is 2.33. The maximum atomic E-state index is 13.3. The number of benzene rings is 3. The first-order chi connectivity index (χ1) is 14.5. The van der Waals surface area contributed by atoms with Crippen LogP contribution in [0.15, 0.2) is 87.6 Å². The molecule has 30 heavy (non-hydrogen) atoms. The highest BCUT2D eigenvalue weighted by Gasteiger charge is 2.11. The average molecular weight is 440 g/mol. The van der Waals surface area contributed by atoms with Crippen molar-refractivity contribution in [2.75, 3.05) is 5.32 Å². The summed E-state index contributed by atoms with van der Waals surface area (Å²) in [7, 11) is 0. The lowest BCUT2D eigenvalue weighted by Gasteiger charge is -2.12. The minimum absolute atomic E-state index is 0.209. The quantitative estimate of drug-likeness (QED) is 0.476. The van der Waals surface area contributed by atoms with Crippen LogP contribution in [-0.4, -0.2) is 15.5 Å². The molecule has 0 radical (unpaired) electrons. The van der Waals surface area contributed by atoms with Crippen molar-refractivity contribution in [3.8, 4) is 0 Å². The molecule has 0 aliphatic rings. The number of nitrogens with one attached hydrogen (secondary N) is 1. The number of hydrogen-bond acceptors (Lipinski definition) is 4. The van der Waals surface area contributed by atoms with Gasteiger partial charge in [-0.3, -0.25) is 14.2 Å². The van der Waals surface area contributed by atoms with Gasteiger partial charge in [0, 0.05) is 20.9 Å². The predicted octanol–water partition coefficient (Wildman–Crippen LogP) is 4.98. The average Bonchev–Trinajstić information content (AvgIpc) is 2.73. The van der Waals surface area contributed by atoms with Gasteiger partial charge in [-0.2, -0.15) is 0 Å². The van der Waals surface area contributed by atoms with Crippen molar-refractivity contribution in [3.63, 3.8) is 0 Å². The molecule has 0 aliphatic carbocycles. The van der Waals surface area contributed by atoms with Crippen LogP contribution in [0.5, 0.6) is 0 Å². The molecule has 0 saturated carbocycles. The van der Waals surface area contributed by atoms with E-state index in [4.69, 9.17) is 11.6 Å². The van der Waals surface area contributed by atoms with Crippen LogP contribution >= 0.6 is 23.4 Å². The van der Waals surface area contributed by atoms with Crippen LogP contribution in [0.3, 0.4) is 0 Å². The number of fused-ring (bicyclic) bond motifs is 1. The second kappa shape index (κ2) is 8.69. The summed E-state index contributed by atoms with van der Waals surface area (Å²) in [6.07, 6.45) is 1.25. The smallest absolute Gasteiger partial charge is 0.261 e. The van der Waals surface area contributed by atoms with Gasteiger partial charge in [0.1, 0.15) is 12.4 Å². The van der Waals surface area contributed by atoms with Gasteiger partial charge in [-0.1, -0.05) is 35.5 Å². The number of amides is 1. The third-order valence-corrected chi connectivity index (χ3v) is 5.64. The van der Waals surface area contributed by atoms with Gasteiger partial charge in [-0.25, -0.2) is 9.37 Å². The summed E-state index contributed by atoms with van der Waals surface area (Å²) in [5.41, 5.74) is 0.478. The fraction of sp³-hybridized carbons (Fsp3) is 0.0455. The van der Waals surface area contributed by atoms with E-state index in [9.17, 15) is 14.0 Å². The van der Waals surface area contributed by atoms with Crippen LogP contribution in [0.25, 0.3) is 10.9 Å². The fourth-order valence-electron chi connectivity index (χ4n) is 2.88. The normalized spacial score (nSPS) is 10.9. The van der Waals surface area contributed by atoms with Gasteiger partial charge in [-0.15, -0.1) is 0 Å². The molecule has 0 spiro atoms. The van der Waals surface area contributed by atoms with Gasteiger partial charge in [-0.05, 0) is 48.5 Å². The summed E-state index contributed by atoms with van der Waals surface area (Å²) < 4.78 is 14.5. The maximum Gasteiger partial charge on any atom is 0.261 e. The first-order valence-electron chi connectivity index (χ1n) is 8.96. The Kier molecular flexibility index (Phi) is 5.83. The van der Waals surface area contributed by atoms with E-state index in [1.807, 2.05) is 30.3 Å². The SMILES string of the molecule is O=C(Cn1cnc2cc(F)ccc2c1=O)Nc1ccccc1Sc1ccc(Cl)cc1. The molecular formula is C22H15ClFN3O2S. The molecule has 1 aromatic heterocycles. The molecule has 8 heteroatoms. The number of carbonyl (C=O) groups is 1. The largest absolute Gasteiger partial charge is 0.323 e. The lowest BCUT2D eigenvalue weighted by molar-refractivity contribution is -0.116. The number of hydrogen-bond donors (Lipinski definition) is 1. The lowest BCUT2D eigenvalue weighted by Crippen LogP contribution is -2.28. The maximum absolute atomic E-state index is 13.3. The van der Waals surface area contributed by atoms with Crippen molar-refractivity contribution in [1.82, 2.24) is 9.55 Å². The Hall–Kier alpha value is -3.16. The van der Waals surface area contributed by atoms with Crippen molar-refractivity contribution < 1.29 is 9.18 Å². The molecule has 1 N–H and O–H groups in total. The van der Waals surface area contributed by atoms with Gasteiger partial charge < -0.3 is 5.32 Å². The molecule has 150 valence electrons.